The van der Waals surface area contributed by atoms with E-state index in [4.69, 9.17) is 11.6 Å². The fourth-order valence-corrected chi connectivity index (χ4v) is 2.35. The summed E-state index contributed by atoms with van der Waals surface area (Å²) in [4.78, 5) is 8.83. The summed E-state index contributed by atoms with van der Waals surface area (Å²) in [6.07, 6.45) is 3.44. The van der Waals surface area contributed by atoms with Crippen LogP contribution in [0.2, 0.25) is 0 Å². The zero-order chi connectivity index (χ0) is 13.3. The quantitative estimate of drug-likeness (QED) is 0.811. The van der Waals surface area contributed by atoms with Crippen molar-refractivity contribution >= 4 is 33.6 Å². The van der Waals surface area contributed by atoms with E-state index in [-0.39, 0.29) is 10.6 Å². The van der Waals surface area contributed by atoms with Crippen molar-refractivity contribution in [2.24, 2.45) is 0 Å². The average Bonchev–Trinajstić information content (AvgIpc) is 2.68. The molecule has 4 nitrogen and oxygen atoms in total. The molecule has 3 unspecified atom stereocenters. The molecular formula is C12H16ClN3OS. The third-order valence-electron chi connectivity index (χ3n) is 2.90. The van der Waals surface area contributed by atoms with Crippen LogP contribution in [0.3, 0.4) is 0 Å². The lowest BCUT2D eigenvalue weighted by atomic mass is 10.4. The first kappa shape index (κ1) is 13.5. The van der Waals surface area contributed by atoms with Gasteiger partial charge in [0.25, 0.3) is 0 Å². The first-order valence-electron chi connectivity index (χ1n) is 5.78. The summed E-state index contributed by atoms with van der Waals surface area (Å²) in [6.45, 7) is 4.45. The number of hydrogen-bond acceptors (Lipinski definition) is 3. The van der Waals surface area contributed by atoms with Gasteiger partial charge in [-0.05, 0) is 26.0 Å². The Balaban J connectivity index is 2.51. The molecule has 2 rings (SSSR count). The van der Waals surface area contributed by atoms with Crippen molar-refractivity contribution in [1.29, 1.82) is 0 Å². The van der Waals surface area contributed by atoms with Gasteiger partial charge in [0, 0.05) is 35.0 Å². The number of rotatable bonds is 4. The molecule has 3 atom stereocenters. The normalized spacial score (nSPS) is 16.7. The molecule has 98 valence electrons. The molecule has 0 aliphatic rings. The molecule has 2 aromatic rings. The lowest BCUT2D eigenvalue weighted by molar-refractivity contribution is 0.630. The van der Waals surface area contributed by atoms with Gasteiger partial charge < -0.3 is 4.57 Å². The topological polar surface area (TPSA) is 47.8 Å². The molecule has 0 fully saturated rings. The maximum atomic E-state index is 11.5. The Morgan fingerprint density at radius 2 is 2.22 bits per heavy atom. The molecule has 0 aliphatic carbocycles. The van der Waals surface area contributed by atoms with E-state index >= 15 is 0 Å². The van der Waals surface area contributed by atoms with Crippen molar-refractivity contribution in [3.05, 3.63) is 24.2 Å². The number of aromatic nitrogens is 3. The highest BCUT2D eigenvalue weighted by Crippen LogP contribution is 2.23. The Bertz CT molecular complexity index is 582. The molecule has 0 radical (unpaired) electrons. The van der Waals surface area contributed by atoms with E-state index < -0.39 is 10.8 Å². The maximum Gasteiger partial charge on any atom is 0.160 e. The molecule has 0 amide bonds. The van der Waals surface area contributed by atoms with E-state index in [0.29, 0.717) is 6.54 Å². The average molecular weight is 286 g/mol. The van der Waals surface area contributed by atoms with Crippen molar-refractivity contribution in [2.45, 2.75) is 31.0 Å². The Morgan fingerprint density at radius 3 is 2.83 bits per heavy atom. The molecule has 0 bridgehead atoms. The van der Waals surface area contributed by atoms with Crippen LogP contribution in [-0.2, 0) is 17.3 Å². The highest BCUT2D eigenvalue weighted by molar-refractivity contribution is 7.84. The zero-order valence-corrected chi connectivity index (χ0v) is 12.2. The minimum atomic E-state index is -0.879. The maximum absolute atomic E-state index is 11.5. The van der Waals surface area contributed by atoms with Gasteiger partial charge in [0.05, 0.1) is 5.38 Å². The van der Waals surface area contributed by atoms with Crippen LogP contribution in [0.4, 0.5) is 0 Å². The van der Waals surface area contributed by atoms with Gasteiger partial charge in [-0.25, -0.2) is 9.97 Å². The van der Waals surface area contributed by atoms with Crippen LogP contribution in [-0.4, -0.2) is 30.2 Å². The second-order valence-electron chi connectivity index (χ2n) is 4.35. The van der Waals surface area contributed by atoms with E-state index in [1.54, 1.807) is 12.5 Å². The van der Waals surface area contributed by atoms with Crippen LogP contribution < -0.4 is 0 Å². The standard InChI is InChI=1S/C12H16ClN3OS/c1-8(18(3)17)7-16-11(9(2)13)15-10-5-4-6-14-12(10)16/h4-6,8-9H,7H2,1-3H3. The molecule has 0 aliphatic heterocycles. The third-order valence-corrected chi connectivity index (χ3v) is 4.37. The van der Waals surface area contributed by atoms with Crippen molar-refractivity contribution in [1.82, 2.24) is 14.5 Å². The van der Waals surface area contributed by atoms with Gasteiger partial charge in [-0.3, -0.25) is 4.21 Å². The zero-order valence-electron chi connectivity index (χ0n) is 10.6. The molecular weight excluding hydrogens is 270 g/mol. The van der Waals surface area contributed by atoms with Crippen molar-refractivity contribution in [3.8, 4) is 0 Å². The summed E-state index contributed by atoms with van der Waals surface area (Å²) in [5, 5.41) is -0.157. The number of pyridine rings is 1. The lowest BCUT2D eigenvalue weighted by Crippen LogP contribution is -2.19. The third kappa shape index (κ3) is 2.57. The number of hydrogen-bond donors (Lipinski definition) is 0. The predicted octanol–water partition coefficient (Wildman–Crippen LogP) is 2.50. The van der Waals surface area contributed by atoms with Crippen LogP contribution in [0, 0.1) is 0 Å². The van der Waals surface area contributed by atoms with Crippen molar-refractivity contribution < 1.29 is 4.21 Å². The molecule has 6 heteroatoms. The number of alkyl halides is 1. The SMILES string of the molecule is CC(Cl)c1nc2cccnc2n1CC(C)S(C)=O. The minimum absolute atomic E-state index is 0.0403. The second kappa shape index (κ2) is 5.36. The highest BCUT2D eigenvalue weighted by Gasteiger charge is 2.18. The summed E-state index contributed by atoms with van der Waals surface area (Å²) in [5.74, 6) is 0.780. The highest BCUT2D eigenvalue weighted by atomic mass is 35.5. The Morgan fingerprint density at radius 1 is 1.50 bits per heavy atom. The summed E-state index contributed by atoms with van der Waals surface area (Å²) in [6, 6.07) is 3.76. The number of fused-ring (bicyclic) bond motifs is 1. The summed E-state index contributed by atoms with van der Waals surface area (Å²) in [5.41, 5.74) is 1.63. The van der Waals surface area contributed by atoms with Gasteiger partial charge in [-0.15, -0.1) is 11.6 Å². The molecule has 0 spiro atoms. The largest absolute Gasteiger partial charge is 0.310 e. The first-order chi connectivity index (χ1) is 8.50. The molecule has 0 saturated carbocycles. The van der Waals surface area contributed by atoms with Crippen LogP contribution in [0.1, 0.15) is 25.0 Å². The van der Waals surface area contributed by atoms with Crippen molar-refractivity contribution in [3.63, 3.8) is 0 Å². The van der Waals surface area contributed by atoms with Gasteiger partial charge in [-0.2, -0.15) is 0 Å². The van der Waals surface area contributed by atoms with E-state index in [1.165, 1.54) is 0 Å². The van der Waals surface area contributed by atoms with Crippen molar-refractivity contribution in [2.75, 3.05) is 6.26 Å². The summed E-state index contributed by atoms with van der Waals surface area (Å²) >= 11 is 6.16. The first-order valence-corrected chi connectivity index (χ1v) is 7.84. The van der Waals surface area contributed by atoms with Gasteiger partial charge in [0.2, 0.25) is 0 Å². The van der Waals surface area contributed by atoms with Crippen LogP contribution >= 0.6 is 11.6 Å². The van der Waals surface area contributed by atoms with E-state index in [1.807, 2.05) is 30.5 Å². The second-order valence-corrected chi connectivity index (χ2v) is 6.81. The summed E-state index contributed by atoms with van der Waals surface area (Å²) < 4.78 is 13.5. The van der Waals surface area contributed by atoms with E-state index in [9.17, 15) is 4.21 Å². The fourth-order valence-electron chi connectivity index (χ4n) is 1.82. The number of halogens is 1. The Hall–Kier alpha value is -0.940. The monoisotopic (exact) mass is 285 g/mol. The smallest absolute Gasteiger partial charge is 0.160 e. The molecule has 2 aromatic heterocycles. The molecule has 0 N–H and O–H groups in total. The molecule has 2 heterocycles. The van der Waals surface area contributed by atoms with E-state index in [2.05, 4.69) is 9.97 Å². The van der Waals surface area contributed by atoms with Gasteiger partial charge >= 0.3 is 0 Å². The Kier molecular flexibility index (Phi) is 4.02. The van der Waals surface area contributed by atoms with Gasteiger partial charge in [0.15, 0.2) is 5.65 Å². The molecule has 18 heavy (non-hydrogen) atoms. The van der Waals surface area contributed by atoms with Gasteiger partial charge in [-0.1, -0.05) is 0 Å². The van der Waals surface area contributed by atoms with Gasteiger partial charge in [0.1, 0.15) is 11.3 Å². The minimum Gasteiger partial charge on any atom is -0.310 e. The molecule has 0 aromatic carbocycles. The van der Waals surface area contributed by atoms with E-state index in [0.717, 1.165) is 17.0 Å². The fraction of sp³-hybridized carbons (Fsp3) is 0.500. The predicted molar refractivity (Wildman–Crippen MR) is 75.3 cm³/mol. The van der Waals surface area contributed by atoms with Crippen LogP contribution in [0.5, 0.6) is 0 Å². The number of imidazole rings is 1. The summed E-state index contributed by atoms with van der Waals surface area (Å²) in [7, 11) is -0.879. The van der Waals surface area contributed by atoms with Crippen LogP contribution in [0.15, 0.2) is 18.3 Å². The number of nitrogens with zero attached hydrogens (tertiary/aromatic N) is 3. The lowest BCUT2D eigenvalue weighted by Gasteiger charge is -2.13. The molecule has 0 saturated heterocycles. The Labute approximate surface area is 114 Å². The van der Waals surface area contributed by atoms with Crippen LogP contribution in [0.25, 0.3) is 11.2 Å².